The fraction of sp³-hybridized carbons (Fsp3) is 0.913. The lowest BCUT2D eigenvalue weighted by Gasteiger charge is -2.46. The van der Waals surface area contributed by atoms with Gasteiger partial charge in [-0.05, 0) is 0 Å². The van der Waals surface area contributed by atoms with Crippen molar-refractivity contribution >= 4 is 11.9 Å². The van der Waals surface area contributed by atoms with Crippen LogP contribution in [0.3, 0.4) is 0 Å². The van der Waals surface area contributed by atoms with Gasteiger partial charge in [0.1, 0.15) is 73.8 Å². The van der Waals surface area contributed by atoms with Crippen LogP contribution in [0.4, 0.5) is 0 Å². The molecule has 20 heteroatoms. The van der Waals surface area contributed by atoms with Gasteiger partial charge in [0.05, 0.1) is 25.4 Å². The molecular formula is C23H39NO19. The Bertz CT molecular complexity index is 942. The van der Waals surface area contributed by atoms with Gasteiger partial charge in [-0.25, -0.2) is 4.79 Å². The summed E-state index contributed by atoms with van der Waals surface area (Å²) in [5, 5.41) is 123. The highest BCUT2D eigenvalue weighted by atomic mass is 16.7. The van der Waals surface area contributed by atoms with Crippen LogP contribution in [0.5, 0.6) is 0 Å². The normalized spacial score (nSPS) is 45.2. The second-order valence-electron chi connectivity index (χ2n) is 10.5. The predicted molar refractivity (Wildman–Crippen MR) is 130 cm³/mol. The first kappa shape index (κ1) is 35.8. The monoisotopic (exact) mass is 633 g/mol. The fourth-order valence-electron chi connectivity index (χ4n) is 4.96. The van der Waals surface area contributed by atoms with E-state index in [1.54, 1.807) is 0 Å². The Morgan fingerprint density at radius 3 is 2.16 bits per heavy atom. The Balaban J connectivity index is 1.72. The SMILES string of the molecule is CC(=O)N[C@H]1[C@H]([C@H](O)[C@H](O)CO)O[C@](O)(C(=O)OC[C@H]2O[C@@H](O[C@H]3[C@H](O)[C@@H](O)[C@@H](O)O[C@@H]3CO)[C@H](O)[C@@H](O)[C@H]2O)C[C@@H]1O. The number of carbonyl (C=O) groups excluding carboxylic acids is 2. The van der Waals surface area contributed by atoms with Crippen molar-refractivity contribution in [2.45, 2.75) is 111 Å². The lowest BCUT2D eigenvalue weighted by atomic mass is 9.88. The molecule has 3 rings (SSSR count). The first-order valence-corrected chi connectivity index (χ1v) is 13.2. The van der Waals surface area contributed by atoms with Crippen molar-refractivity contribution < 1.29 is 94.6 Å². The van der Waals surface area contributed by atoms with Crippen LogP contribution in [0.2, 0.25) is 0 Å². The number of hydrogen-bond acceptors (Lipinski definition) is 19. The van der Waals surface area contributed by atoms with E-state index in [1.165, 1.54) is 0 Å². The third-order valence-electron chi connectivity index (χ3n) is 7.37. The maximum Gasteiger partial charge on any atom is 0.366 e. The molecule has 3 aliphatic rings. The maximum atomic E-state index is 12.9. The lowest BCUT2D eigenvalue weighted by Crippen LogP contribution is -2.67. The number of nitrogens with one attached hydrogen (secondary N) is 1. The van der Waals surface area contributed by atoms with Gasteiger partial charge >= 0.3 is 5.97 Å². The van der Waals surface area contributed by atoms with Crippen LogP contribution in [-0.4, -0.2) is 191 Å². The zero-order chi connectivity index (χ0) is 32.4. The van der Waals surface area contributed by atoms with E-state index in [2.05, 4.69) is 5.32 Å². The van der Waals surface area contributed by atoms with Crippen molar-refractivity contribution in [2.75, 3.05) is 19.8 Å². The molecule has 250 valence electrons. The molecule has 0 spiro atoms. The molecule has 0 aromatic carbocycles. The molecule has 0 unspecified atom stereocenters. The lowest BCUT2D eigenvalue weighted by molar-refractivity contribution is -0.356. The summed E-state index contributed by atoms with van der Waals surface area (Å²) >= 11 is 0. The number of aliphatic hydroxyl groups excluding tert-OH is 11. The molecule has 0 aliphatic carbocycles. The smallest absolute Gasteiger partial charge is 0.366 e. The molecule has 16 atom stereocenters. The Morgan fingerprint density at radius 1 is 0.930 bits per heavy atom. The van der Waals surface area contributed by atoms with Crippen LogP contribution in [-0.2, 0) is 33.3 Å². The second-order valence-corrected chi connectivity index (χ2v) is 10.5. The molecule has 0 saturated carbocycles. The van der Waals surface area contributed by atoms with Crippen LogP contribution < -0.4 is 5.32 Å². The predicted octanol–water partition coefficient (Wildman–Crippen LogP) is -8.79. The number of rotatable bonds is 10. The standard InChI is InChI=1S/C23H39NO19/c1-6(27)24-11-7(28)2-23(38,43-19(11)12(30)8(29)3-25)22(37)39-5-10-13(31)14(32)17(35)21(41-10)42-18-9(4-26)40-20(36)16(34)15(18)33/h7-21,25-26,28-36,38H,2-5H2,1H3,(H,24,27)/t7-,8+,9+,10+,11+,12+,13-,14-,15+,16+,17+,18+,19+,20-,21-,23-/m0/s1. The Hall–Kier alpha value is -1.70. The largest absolute Gasteiger partial charge is 0.459 e. The van der Waals surface area contributed by atoms with Crippen molar-refractivity contribution in [3.8, 4) is 0 Å². The molecule has 1 amide bonds. The quantitative estimate of drug-likeness (QED) is 0.0993. The Kier molecular flexibility index (Phi) is 12.1. The molecule has 43 heavy (non-hydrogen) atoms. The number of aliphatic hydroxyl groups is 12. The third kappa shape index (κ3) is 7.76. The second kappa shape index (κ2) is 14.6. The number of esters is 1. The Morgan fingerprint density at radius 2 is 1.58 bits per heavy atom. The summed E-state index contributed by atoms with van der Waals surface area (Å²) in [6, 6.07) is -1.46. The minimum Gasteiger partial charge on any atom is -0.459 e. The van der Waals surface area contributed by atoms with Gasteiger partial charge < -0.3 is 90.3 Å². The topological polar surface area (TPSA) is 335 Å². The molecule has 3 fully saturated rings. The van der Waals surface area contributed by atoms with Gasteiger partial charge in [-0.2, -0.15) is 0 Å². The van der Waals surface area contributed by atoms with Crippen LogP contribution in [0.25, 0.3) is 0 Å². The summed E-state index contributed by atoms with van der Waals surface area (Å²) in [5.41, 5.74) is 0. The average molecular weight is 634 g/mol. The summed E-state index contributed by atoms with van der Waals surface area (Å²) in [5.74, 6) is -5.34. The average Bonchev–Trinajstić information content (AvgIpc) is 2.96. The Labute approximate surface area is 243 Å². The molecule has 3 heterocycles. The zero-order valence-electron chi connectivity index (χ0n) is 22.7. The number of hydrogen-bond donors (Lipinski definition) is 13. The molecule has 0 aromatic rings. The van der Waals surface area contributed by atoms with E-state index in [0.717, 1.165) is 6.92 Å². The maximum absolute atomic E-state index is 12.9. The summed E-state index contributed by atoms with van der Waals surface area (Å²) in [6.45, 7) is -1.74. The molecule has 0 bridgehead atoms. The van der Waals surface area contributed by atoms with E-state index in [1.807, 2.05) is 0 Å². The van der Waals surface area contributed by atoms with Crippen molar-refractivity contribution in [3.63, 3.8) is 0 Å². The highest BCUT2D eigenvalue weighted by molar-refractivity contribution is 5.78. The summed E-state index contributed by atoms with van der Waals surface area (Å²) < 4.78 is 25.9. The number of amides is 1. The first-order valence-electron chi connectivity index (χ1n) is 13.2. The van der Waals surface area contributed by atoms with Gasteiger partial charge in [0.25, 0.3) is 5.79 Å². The molecule has 20 nitrogen and oxygen atoms in total. The minimum absolute atomic E-state index is 0.708. The van der Waals surface area contributed by atoms with Crippen molar-refractivity contribution in [1.29, 1.82) is 0 Å². The summed E-state index contributed by atoms with van der Waals surface area (Å²) in [4.78, 5) is 24.5. The highest BCUT2D eigenvalue weighted by Gasteiger charge is 2.55. The molecule has 0 radical (unpaired) electrons. The van der Waals surface area contributed by atoms with Crippen LogP contribution >= 0.6 is 0 Å². The van der Waals surface area contributed by atoms with Gasteiger partial charge in [0.15, 0.2) is 12.6 Å². The van der Waals surface area contributed by atoms with E-state index in [9.17, 15) is 70.9 Å². The minimum atomic E-state index is -3.02. The van der Waals surface area contributed by atoms with E-state index < -0.39 is 136 Å². The van der Waals surface area contributed by atoms with Crippen molar-refractivity contribution in [3.05, 3.63) is 0 Å². The van der Waals surface area contributed by atoms with Gasteiger partial charge in [-0.1, -0.05) is 0 Å². The van der Waals surface area contributed by atoms with Gasteiger partial charge in [-0.3, -0.25) is 4.79 Å². The molecule has 3 aliphatic heterocycles. The van der Waals surface area contributed by atoms with Gasteiger partial charge in [-0.15, -0.1) is 0 Å². The van der Waals surface area contributed by atoms with E-state index in [-0.39, 0.29) is 0 Å². The number of ether oxygens (including phenoxy) is 5. The molecule has 0 aromatic heterocycles. The molecule has 13 N–H and O–H groups in total. The van der Waals surface area contributed by atoms with Crippen LogP contribution in [0.15, 0.2) is 0 Å². The summed E-state index contributed by atoms with van der Waals surface area (Å²) in [7, 11) is 0. The first-order chi connectivity index (χ1) is 20.1. The zero-order valence-corrected chi connectivity index (χ0v) is 22.7. The fourth-order valence-corrected chi connectivity index (χ4v) is 4.96. The molecular weight excluding hydrogens is 594 g/mol. The summed E-state index contributed by atoms with van der Waals surface area (Å²) in [6.07, 6.45) is -26.8. The third-order valence-corrected chi connectivity index (χ3v) is 7.37. The van der Waals surface area contributed by atoms with E-state index in [4.69, 9.17) is 23.7 Å². The van der Waals surface area contributed by atoms with E-state index >= 15 is 0 Å². The van der Waals surface area contributed by atoms with Crippen LogP contribution in [0.1, 0.15) is 13.3 Å². The van der Waals surface area contributed by atoms with Crippen LogP contribution in [0, 0.1) is 0 Å². The molecule has 3 saturated heterocycles. The van der Waals surface area contributed by atoms with Gasteiger partial charge in [0, 0.05) is 13.3 Å². The van der Waals surface area contributed by atoms with Crippen molar-refractivity contribution in [2.24, 2.45) is 0 Å². The van der Waals surface area contributed by atoms with Gasteiger partial charge in [0.2, 0.25) is 5.91 Å². The highest BCUT2D eigenvalue weighted by Crippen LogP contribution is 2.33. The van der Waals surface area contributed by atoms with E-state index in [0.29, 0.717) is 0 Å². The van der Waals surface area contributed by atoms with Crippen molar-refractivity contribution in [1.82, 2.24) is 5.32 Å². The number of carbonyl (C=O) groups is 2.